The fourth-order valence-corrected chi connectivity index (χ4v) is 2.35. The Labute approximate surface area is 98.3 Å². The van der Waals surface area contributed by atoms with Crippen molar-refractivity contribution in [1.82, 2.24) is 14.8 Å². The summed E-state index contributed by atoms with van der Waals surface area (Å²) in [6.45, 7) is 0. The Morgan fingerprint density at radius 3 is 2.76 bits per heavy atom. The van der Waals surface area contributed by atoms with Crippen LogP contribution in [0.3, 0.4) is 0 Å². The molecule has 0 aliphatic rings. The van der Waals surface area contributed by atoms with E-state index in [1.165, 1.54) is 23.1 Å². The predicted octanol–water partition coefficient (Wildman–Crippen LogP) is 0.198. The third kappa shape index (κ3) is 2.36. The molecule has 2 heterocycles. The molecule has 0 saturated carbocycles. The van der Waals surface area contributed by atoms with Crippen molar-refractivity contribution >= 4 is 21.5 Å². The molecule has 7 nitrogen and oxygen atoms in total. The maximum absolute atomic E-state index is 12.0. The molecule has 0 aliphatic carbocycles. The molecule has 2 rings (SSSR count). The number of sulfonamides is 1. The Bertz CT molecular complexity index is 634. The van der Waals surface area contributed by atoms with E-state index < -0.39 is 10.0 Å². The zero-order valence-corrected chi connectivity index (χ0v) is 9.85. The van der Waals surface area contributed by atoms with Gasteiger partial charge >= 0.3 is 0 Å². The minimum atomic E-state index is -3.74. The average Bonchev–Trinajstić information content (AvgIpc) is 2.63. The normalized spacial score (nSPS) is 11.4. The second-order valence-electron chi connectivity index (χ2n) is 3.39. The summed E-state index contributed by atoms with van der Waals surface area (Å²) in [4.78, 5) is 3.67. The third-order valence-electron chi connectivity index (χ3n) is 2.06. The topological polar surface area (TPSA) is 103 Å². The van der Waals surface area contributed by atoms with E-state index in [4.69, 9.17) is 5.73 Å². The molecule has 90 valence electrons. The van der Waals surface area contributed by atoms with E-state index in [0.29, 0.717) is 0 Å². The van der Waals surface area contributed by atoms with Gasteiger partial charge in [0.1, 0.15) is 4.90 Å². The van der Waals surface area contributed by atoms with Gasteiger partial charge in [0.2, 0.25) is 0 Å². The summed E-state index contributed by atoms with van der Waals surface area (Å²) in [7, 11) is -2.05. The molecule has 2 aromatic rings. The van der Waals surface area contributed by atoms with Crippen LogP contribution in [0.2, 0.25) is 0 Å². The number of anilines is 2. The molecule has 0 radical (unpaired) electrons. The van der Waals surface area contributed by atoms with Crippen molar-refractivity contribution in [3.8, 4) is 0 Å². The van der Waals surface area contributed by atoms with Gasteiger partial charge in [-0.3, -0.25) is 14.4 Å². The van der Waals surface area contributed by atoms with Gasteiger partial charge in [0.25, 0.3) is 10.0 Å². The van der Waals surface area contributed by atoms with Crippen molar-refractivity contribution in [2.45, 2.75) is 4.90 Å². The lowest BCUT2D eigenvalue weighted by Gasteiger charge is -2.06. The van der Waals surface area contributed by atoms with Crippen molar-refractivity contribution in [2.24, 2.45) is 7.05 Å². The fourth-order valence-electron chi connectivity index (χ4n) is 1.28. The molecule has 3 N–H and O–H groups in total. The maximum Gasteiger partial charge on any atom is 0.266 e. The molecule has 0 unspecified atom stereocenters. The Kier molecular flexibility index (Phi) is 2.72. The van der Waals surface area contributed by atoms with Crippen molar-refractivity contribution in [3.05, 3.63) is 30.7 Å². The van der Waals surface area contributed by atoms with Gasteiger partial charge in [0, 0.05) is 31.7 Å². The summed E-state index contributed by atoms with van der Waals surface area (Å²) in [5.41, 5.74) is 5.72. The number of hydrogen-bond donors (Lipinski definition) is 2. The van der Waals surface area contributed by atoms with Gasteiger partial charge in [0.05, 0.1) is 5.69 Å². The first-order chi connectivity index (χ1) is 7.99. The van der Waals surface area contributed by atoms with E-state index in [-0.39, 0.29) is 16.4 Å². The highest BCUT2D eigenvalue weighted by molar-refractivity contribution is 7.92. The van der Waals surface area contributed by atoms with Gasteiger partial charge in [-0.05, 0) is 6.07 Å². The monoisotopic (exact) mass is 253 g/mol. The van der Waals surface area contributed by atoms with Crippen molar-refractivity contribution < 1.29 is 8.42 Å². The maximum atomic E-state index is 12.0. The molecule has 8 heteroatoms. The highest BCUT2D eigenvalue weighted by Gasteiger charge is 2.18. The molecule has 0 bridgehead atoms. The largest absolute Gasteiger partial charge is 0.398 e. The van der Waals surface area contributed by atoms with E-state index in [1.54, 1.807) is 19.3 Å². The summed E-state index contributed by atoms with van der Waals surface area (Å²) < 4.78 is 27.7. The third-order valence-corrected chi connectivity index (χ3v) is 3.46. The summed E-state index contributed by atoms with van der Waals surface area (Å²) >= 11 is 0. The van der Waals surface area contributed by atoms with Crippen molar-refractivity contribution in [3.63, 3.8) is 0 Å². The first-order valence-electron chi connectivity index (χ1n) is 4.71. The molecule has 0 aliphatic heterocycles. The second-order valence-corrected chi connectivity index (χ2v) is 5.04. The van der Waals surface area contributed by atoms with Crippen LogP contribution in [-0.2, 0) is 17.1 Å². The van der Waals surface area contributed by atoms with Crippen LogP contribution in [-0.4, -0.2) is 23.2 Å². The lowest BCUT2D eigenvalue weighted by atomic mass is 10.4. The molecule has 0 atom stereocenters. The quantitative estimate of drug-likeness (QED) is 0.813. The number of hydrogen-bond acceptors (Lipinski definition) is 5. The zero-order chi connectivity index (χ0) is 12.5. The fraction of sp³-hybridized carbons (Fsp3) is 0.111. The van der Waals surface area contributed by atoms with Crippen LogP contribution >= 0.6 is 0 Å². The molecule has 0 amide bonds. The van der Waals surface area contributed by atoms with Crippen LogP contribution in [0.15, 0.2) is 35.6 Å². The van der Waals surface area contributed by atoms with Crippen molar-refractivity contribution in [1.29, 1.82) is 0 Å². The van der Waals surface area contributed by atoms with Gasteiger partial charge in [-0.25, -0.2) is 8.42 Å². The summed E-state index contributed by atoms with van der Waals surface area (Å²) in [5, 5.41) is 3.92. The van der Waals surface area contributed by atoms with Crippen LogP contribution in [0.1, 0.15) is 0 Å². The highest BCUT2D eigenvalue weighted by atomic mass is 32.2. The van der Waals surface area contributed by atoms with E-state index in [9.17, 15) is 8.42 Å². The predicted molar refractivity (Wildman–Crippen MR) is 62.7 cm³/mol. The van der Waals surface area contributed by atoms with Crippen LogP contribution in [0.25, 0.3) is 0 Å². The highest BCUT2D eigenvalue weighted by Crippen LogP contribution is 2.18. The minimum Gasteiger partial charge on any atom is -0.398 e. The summed E-state index contributed by atoms with van der Waals surface area (Å²) in [6.07, 6.45) is 4.25. The summed E-state index contributed by atoms with van der Waals surface area (Å²) in [5.74, 6) is 0.232. The Balaban J connectivity index is 2.35. The molecular formula is C9H11N5O2S. The molecule has 2 aromatic heterocycles. The number of aromatic nitrogens is 3. The van der Waals surface area contributed by atoms with Crippen LogP contribution in [0, 0.1) is 0 Å². The second kappa shape index (κ2) is 4.06. The number of nitrogens with zero attached hydrogens (tertiary/aromatic N) is 3. The number of rotatable bonds is 3. The smallest absolute Gasteiger partial charge is 0.266 e. The summed E-state index contributed by atoms with van der Waals surface area (Å²) in [6, 6.07) is 2.97. The van der Waals surface area contributed by atoms with E-state index in [1.807, 2.05) is 0 Å². The van der Waals surface area contributed by atoms with Crippen LogP contribution in [0.4, 0.5) is 11.5 Å². The molecule has 0 fully saturated rings. The van der Waals surface area contributed by atoms with Crippen molar-refractivity contribution in [2.75, 3.05) is 10.5 Å². The van der Waals surface area contributed by atoms with Gasteiger partial charge < -0.3 is 5.73 Å². The lowest BCUT2D eigenvalue weighted by molar-refractivity contribution is 0.601. The van der Waals surface area contributed by atoms with Gasteiger partial charge in [-0.1, -0.05) is 0 Å². The lowest BCUT2D eigenvalue weighted by Crippen LogP contribution is -2.15. The van der Waals surface area contributed by atoms with E-state index in [0.717, 1.165) is 0 Å². The van der Waals surface area contributed by atoms with Gasteiger partial charge in [-0.15, -0.1) is 0 Å². The SMILES string of the molecule is Cn1ccc(NS(=O)(=O)c2cnccc2N)n1. The molecule has 0 spiro atoms. The van der Waals surface area contributed by atoms with E-state index >= 15 is 0 Å². The number of pyridine rings is 1. The first-order valence-corrected chi connectivity index (χ1v) is 6.19. The first kappa shape index (κ1) is 11.4. The van der Waals surface area contributed by atoms with Gasteiger partial charge in [0.15, 0.2) is 5.82 Å². The number of nitrogens with one attached hydrogen (secondary N) is 1. The van der Waals surface area contributed by atoms with Crippen LogP contribution in [0.5, 0.6) is 0 Å². The minimum absolute atomic E-state index is 0.0642. The average molecular weight is 253 g/mol. The van der Waals surface area contributed by atoms with Crippen LogP contribution < -0.4 is 10.5 Å². The number of aryl methyl sites for hydroxylation is 1. The molecule has 0 aromatic carbocycles. The van der Waals surface area contributed by atoms with Gasteiger partial charge in [-0.2, -0.15) is 5.10 Å². The standard InChI is InChI=1S/C9H11N5O2S/c1-14-5-3-9(12-14)13-17(15,16)8-6-11-4-2-7(8)10/h2-6H,1H3,(H2,10,11)(H,12,13). The zero-order valence-electron chi connectivity index (χ0n) is 9.03. The Morgan fingerprint density at radius 2 is 2.18 bits per heavy atom. The molecule has 17 heavy (non-hydrogen) atoms. The Morgan fingerprint density at radius 1 is 1.41 bits per heavy atom. The van der Waals surface area contributed by atoms with E-state index in [2.05, 4.69) is 14.8 Å². The Hall–Kier alpha value is -2.09. The number of nitrogens with two attached hydrogens (primary N) is 1. The number of nitrogen functional groups attached to an aromatic ring is 1. The molecular weight excluding hydrogens is 242 g/mol. The molecule has 0 saturated heterocycles.